The largest absolute Gasteiger partial charge is 0.480 e. The number of aliphatic carboxylic acids is 4. The van der Waals surface area contributed by atoms with Crippen molar-refractivity contribution in [2.75, 3.05) is 46.1 Å². The van der Waals surface area contributed by atoms with Crippen molar-refractivity contribution in [3.63, 3.8) is 0 Å². The molecule has 4 atom stereocenters. The fourth-order valence-corrected chi connectivity index (χ4v) is 8.54. The Kier molecular flexibility index (Phi) is 81.5. The highest BCUT2D eigenvalue weighted by Crippen LogP contribution is 2.25. The SMILES string of the molecule is C/C=C/C.C/C=C/SSC[C@H](N)C(=O)O.C/C=C/SSC[C@H](NC(=O)OC(C)(C)C)C(=O)O.C=CCBr.C=CCC.CC(C)(C)OC(=O)N[C@@H](CSSC[C@H](NC(=O)OC(C)(C)C)C(=O)O)C(=O)O.CO.ClCCl.ClCCl. The third-order valence-corrected chi connectivity index (χ3v) is 12.8. The number of carboxylic acids is 4. The molecule has 0 spiro atoms. The second-order valence-corrected chi connectivity index (χ2v) is 25.3. The van der Waals surface area contributed by atoms with Gasteiger partial charge in [-0.15, -0.1) is 59.6 Å². The van der Waals surface area contributed by atoms with E-state index < -0.39 is 83.1 Å². The molecule has 0 rings (SSSR count). The summed E-state index contributed by atoms with van der Waals surface area (Å²) >= 11 is 22.2. The first kappa shape index (κ1) is 94.3. The maximum atomic E-state index is 11.7. The molecular formula is C47H87BrCl4N4O15S6. The number of nitrogens with one attached hydrogen (secondary N) is 3. The number of ether oxygens (including phenoxy) is 3. The molecule has 0 saturated carbocycles. The van der Waals surface area contributed by atoms with Crippen LogP contribution in [-0.4, -0.2) is 155 Å². The number of carboxylic acid groups (broad SMARTS) is 4. The molecule has 0 radical (unpaired) electrons. The minimum Gasteiger partial charge on any atom is -0.480 e. The molecule has 3 amide bonds. The molecule has 0 bridgehead atoms. The lowest BCUT2D eigenvalue weighted by molar-refractivity contribution is -0.139. The van der Waals surface area contributed by atoms with Crippen LogP contribution in [0, 0.1) is 0 Å². The molecule has 0 aromatic carbocycles. The van der Waals surface area contributed by atoms with Gasteiger partial charge < -0.3 is 61.4 Å². The Morgan fingerprint density at radius 3 is 0.935 bits per heavy atom. The average molecular weight is 1360 g/mol. The third kappa shape index (κ3) is 96.7. The van der Waals surface area contributed by atoms with E-state index >= 15 is 0 Å². The normalized spacial score (nSPS) is 11.8. The number of amides is 3. The highest BCUT2D eigenvalue weighted by molar-refractivity contribution is 9.09. The molecule has 0 aliphatic carbocycles. The zero-order chi connectivity index (χ0) is 62.6. The maximum Gasteiger partial charge on any atom is 0.408 e. The van der Waals surface area contributed by atoms with E-state index in [1.165, 1.54) is 43.2 Å². The van der Waals surface area contributed by atoms with Gasteiger partial charge in [-0.3, -0.25) is 4.79 Å². The lowest BCUT2D eigenvalue weighted by Gasteiger charge is -2.22. The number of aliphatic hydroxyl groups excluding tert-OH is 1. The molecule has 30 heteroatoms. The van der Waals surface area contributed by atoms with Gasteiger partial charge in [0.05, 0.1) is 10.7 Å². The molecule has 0 aliphatic heterocycles. The topological polar surface area (TPSA) is 310 Å². The standard InChI is InChI=1S/C16H28N2O8S2.C11H19NO4S2.C6H11NO2S2.2C4H8.C3H5Br.2CH2Cl2.CH4O/c1-15(2,3)25-13(23)17-9(11(19)20)7-27-28-8-10(12(21)22)18-14(24)26-16(4,5)6;1-5-6-17-18-7-8(9(13)14)12-10(15)16-11(2,3)4;1-2-3-10-11-4-5(7)6(8)9;2*1-3-4-2;1-2-3-4;2*2-1-3;1-2/h9-10H,7-8H2,1-6H3,(H,17,23)(H,18,24)(H,19,20)(H,21,22);5-6,8H,7H2,1-4H3,(H,12,15)(H,13,14);2-3,5H,4,7H2,1H3,(H,8,9);3-4H,1-2H3;3H,1,4H2,2H3;2H,1,3H2;2*1H2;2H,1H3/b;6-5+;3-2+;4-3+;;;;;/t9-,10-;8-;5-;;;;;;/m000....../s1. The Morgan fingerprint density at radius 1 is 0.532 bits per heavy atom. The summed E-state index contributed by atoms with van der Waals surface area (Å²) in [4.78, 5) is 78.5. The van der Waals surface area contributed by atoms with Crippen molar-refractivity contribution in [1.29, 1.82) is 0 Å². The van der Waals surface area contributed by atoms with Gasteiger partial charge in [0.25, 0.3) is 0 Å². The number of alkyl halides is 5. The van der Waals surface area contributed by atoms with Crippen molar-refractivity contribution in [2.24, 2.45) is 5.73 Å². The van der Waals surface area contributed by atoms with E-state index in [4.69, 9.17) is 81.7 Å². The molecule has 0 aromatic rings. The lowest BCUT2D eigenvalue weighted by atomic mass is 10.2. The van der Waals surface area contributed by atoms with Crippen molar-refractivity contribution in [3.8, 4) is 0 Å². The smallest absolute Gasteiger partial charge is 0.408 e. The zero-order valence-electron chi connectivity index (χ0n) is 46.7. The molecule has 0 fully saturated rings. The van der Waals surface area contributed by atoms with Crippen LogP contribution in [0.4, 0.5) is 14.4 Å². The summed E-state index contributed by atoms with van der Waals surface area (Å²) in [7, 11) is 8.79. The Hall–Kier alpha value is -1.95. The molecule has 10 N–H and O–H groups in total. The number of alkyl carbamates (subject to hydrolysis) is 3. The molecule has 0 saturated heterocycles. The molecule has 0 aliphatic rings. The molecule has 0 heterocycles. The van der Waals surface area contributed by atoms with Gasteiger partial charge in [0.1, 0.15) is 41.0 Å². The molecule has 0 aromatic heterocycles. The number of carbonyl (C=O) groups excluding carboxylic acids is 3. The van der Waals surface area contributed by atoms with Crippen LogP contribution in [0.3, 0.4) is 0 Å². The first-order valence-corrected chi connectivity index (χ1v) is 32.9. The predicted molar refractivity (Wildman–Crippen MR) is 339 cm³/mol. The summed E-state index contributed by atoms with van der Waals surface area (Å²) in [6.45, 7) is 31.8. The van der Waals surface area contributed by atoms with Gasteiger partial charge in [-0.2, -0.15) is 0 Å². The Labute approximate surface area is 511 Å². The van der Waals surface area contributed by atoms with Gasteiger partial charge in [-0.1, -0.05) is 124 Å². The third-order valence-electron chi connectivity index (χ3n) is 5.57. The fourth-order valence-electron chi connectivity index (χ4n) is 2.59. The van der Waals surface area contributed by atoms with Gasteiger partial charge in [0.15, 0.2) is 0 Å². The first-order valence-electron chi connectivity index (χ1n) is 22.3. The van der Waals surface area contributed by atoms with E-state index in [-0.39, 0.29) is 27.9 Å². The number of aliphatic hydroxyl groups is 1. The van der Waals surface area contributed by atoms with E-state index in [2.05, 4.69) is 52.0 Å². The van der Waals surface area contributed by atoms with Gasteiger partial charge in [-0.05, 0) is 107 Å². The quantitative estimate of drug-likeness (QED) is 0.0160. The highest BCUT2D eigenvalue weighted by atomic mass is 79.9. The minimum atomic E-state index is -1.25. The number of hydrogen-bond acceptors (Lipinski definition) is 18. The zero-order valence-corrected chi connectivity index (χ0v) is 56.2. The second-order valence-electron chi connectivity index (χ2n) is 15.8. The number of halogens is 5. The van der Waals surface area contributed by atoms with Gasteiger partial charge >= 0.3 is 42.2 Å². The minimum absolute atomic E-state index is 0.0297. The van der Waals surface area contributed by atoms with E-state index in [0.717, 1.165) is 40.4 Å². The summed E-state index contributed by atoms with van der Waals surface area (Å²) < 4.78 is 15.0. The molecular weight excluding hydrogens is 1270 g/mol. The number of allylic oxidation sites excluding steroid dienone is 6. The summed E-state index contributed by atoms with van der Waals surface area (Å²) in [5.41, 5.74) is 3.07. The summed E-state index contributed by atoms with van der Waals surface area (Å²) in [5, 5.41) is 54.5. The van der Waals surface area contributed by atoms with E-state index in [1.54, 1.807) is 68.4 Å². The van der Waals surface area contributed by atoms with Crippen LogP contribution in [0.15, 0.2) is 60.4 Å². The van der Waals surface area contributed by atoms with Crippen LogP contribution in [-0.2, 0) is 33.4 Å². The number of nitrogens with two attached hydrogens (primary N) is 1. The van der Waals surface area contributed by atoms with E-state index in [9.17, 15) is 43.8 Å². The van der Waals surface area contributed by atoms with Gasteiger partial charge in [0, 0.05) is 35.5 Å². The van der Waals surface area contributed by atoms with Crippen molar-refractivity contribution >= 4 is 169 Å². The van der Waals surface area contributed by atoms with Crippen LogP contribution < -0.4 is 21.7 Å². The van der Waals surface area contributed by atoms with Crippen molar-refractivity contribution in [3.05, 3.63) is 60.4 Å². The molecule has 456 valence electrons. The Balaban J connectivity index is -0.000000115. The fraction of sp³-hybridized carbons (Fsp3) is 0.638. The summed E-state index contributed by atoms with van der Waals surface area (Å²) in [5.74, 6) is -3.88. The van der Waals surface area contributed by atoms with Crippen molar-refractivity contribution in [2.45, 2.75) is 144 Å². The lowest BCUT2D eigenvalue weighted by Crippen LogP contribution is -2.45. The monoisotopic (exact) mass is 1360 g/mol. The van der Waals surface area contributed by atoms with Crippen LogP contribution in [0.2, 0.25) is 0 Å². The highest BCUT2D eigenvalue weighted by Gasteiger charge is 2.27. The predicted octanol–water partition coefficient (Wildman–Crippen LogP) is 13.7. The van der Waals surface area contributed by atoms with Crippen molar-refractivity contribution in [1.82, 2.24) is 16.0 Å². The van der Waals surface area contributed by atoms with Gasteiger partial charge in [-0.25, -0.2) is 28.8 Å². The molecule has 77 heavy (non-hydrogen) atoms. The van der Waals surface area contributed by atoms with Gasteiger partial charge in [0.2, 0.25) is 0 Å². The average Bonchev–Trinajstić information content (AvgIpc) is 3.31. The number of hydrogen-bond donors (Lipinski definition) is 9. The Morgan fingerprint density at radius 2 is 0.766 bits per heavy atom. The Bertz CT molecular complexity index is 1540. The van der Waals surface area contributed by atoms with Crippen molar-refractivity contribution < 1.29 is 73.3 Å². The second kappa shape index (κ2) is 66.6. The van der Waals surface area contributed by atoms with E-state index in [1.807, 2.05) is 68.9 Å². The van der Waals surface area contributed by atoms with Crippen LogP contribution in [0.1, 0.15) is 103 Å². The van der Waals surface area contributed by atoms with E-state index in [0.29, 0.717) is 5.75 Å². The van der Waals surface area contributed by atoms with Crippen LogP contribution in [0.5, 0.6) is 0 Å². The molecule has 0 unspecified atom stereocenters. The summed E-state index contributed by atoms with van der Waals surface area (Å²) in [6.07, 6.45) is 10.1. The number of carbonyl (C=O) groups is 7. The number of rotatable bonds is 22. The maximum absolute atomic E-state index is 11.7. The van der Waals surface area contributed by atoms with Crippen LogP contribution >= 0.6 is 127 Å². The van der Waals surface area contributed by atoms with Crippen LogP contribution in [0.25, 0.3) is 0 Å². The molecule has 19 nitrogen and oxygen atoms in total. The first-order chi connectivity index (χ1) is 35.6. The summed E-state index contributed by atoms with van der Waals surface area (Å²) in [6, 6.07) is -4.13.